The van der Waals surface area contributed by atoms with Gasteiger partial charge in [-0.05, 0) is 36.1 Å². The monoisotopic (exact) mass is 218 g/mol. The summed E-state index contributed by atoms with van der Waals surface area (Å²) in [4.78, 5) is 13.7. The number of benzene rings is 1. The molecule has 0 aromatic heterocycles. The van der Waals surface area contributed by atoms with Crippen LogP contribution in [0.4, 0.5) is 5.69 Å². The Balaban J connectivity index is 2.13. The van der Waals surface area contributed by atoms with Gasteiger partial charge in [0.15, 0.2) is 0 Å². The predicted molar refractivity (Wildman–Crippen MR) is 64.9 cm³/mol. The normalized spacial score (nSPS) is 14.7. The molecule has 2 rings (SSSR count). The first kappa shape index (κ1) is 11.0. The summed E-state index contributed by atoms with van der Waals surface area (Å²) in [5, 5.41) is 0. The third-order valence-corrected chi connectivity index (χ3v) is 3.06. The number of nitrogen functional groups attached to an aromatic ring is 1. The van der Waals surface area contributed by atoms with Crippen LogP contribution in [0, 0.1) is 0 Å². The average Bonchev–Trinajstić information content (AvgIpc) is 2.28. The highest BCUT2D eigenvalue weighted by atomic mass is 16.2. The van der Waals surface area contributed by atoms with Crippen LogP contribution in [0.1, 0.15) is 30.9 Å². The molecule has 0 aliphatic carbocycles. The van der Waals surface area contributed by atoms with E-state index in [-0.39, 0.29) is 5.91 Å². The maximum atomic E-state index is 11.8. The minimum atomic E-state index is 0.260. The third-order valence-electron chi connectivity index (χ3n) is 3.06. The van der Waals surface area contributed by atoms with Gasteiger partial charge in [0.2, 0.25) is 5.91 Å². The first-order valence-electron chi connectivity index (χ1n) is 5.85. The van der Waals surface area contributed by atoms with Gasteiger partial charge in [-0.15, -0.1) is 0 Å². The fourth-order valence-corrected chi connectivity index (χ4v) is 2.16. The molecule has 1 aromatic rings. The van der Waals surface area contributed by atoms with Crippen LogP contribution in [-0.4, -0.2) is 17.4 Å². The Morgan fingerprint density at radius 3 is 3.00 bits per heavy atom. The highest BCUT2D eigenvalue weighted by Crippen LogP contribution is 2.21. The van der Waals surface area contributed by atoms with E-state index in [4.69, 9.17) is 5.73 Å². The molecule has 1 aliphatic rings. The van der Waals surface area contributed by atoms with E-state index in [0.29, 0.717) is 6.42 Å². The summed E-state index contributed by atoms with van der Waals surface area (Å²) in [6, 6.07) is 6.00. The van der Waals surface area contributed by atoms with Gasteiger partial charge in [-0.25, -0.2) is 0 Å². The second kappa shape index (κ2) is 4.56. The Bertz CT molecular complexity index is 401. The van der Waals surface area contributed by atoms with Crippen molar-refractivity contribution in [2.45, 2.75) is 32.7 Å². The van der Waals surface area contributed by atoms with Crippen molar-refractivity contribution in [2.75, 3.05) is 12.3 Å². The quantitative estimate of drug-likeness (QED) is 0.771. The number of carbonyl (C=O) groups excluding carboxylic acids is 1. The van der Waals surface area contributed by atoms with E-state index in [1.54, 1.807) is 0 Å². The van der Waals surface area contributed by atoms with Crippen molar-refractivity contribution >= 4 is 11.6 Å². The molecule has 0 fully saturated rings. The lowest BCUT2D eigenvalue weighted by Gasteiger charge is -2.29. The molecule has 1 heterocycles. The summed E-state index contributed by atoms with van der Waals surface area (Å²) in [6.45, 7) is 3.60. The maximum Gasteiger partial charge on any atom is 0.222 e. The van der Waals surface area contributed by atoms with Gasteiger partial charge in [-0.1, -0.05) is 13.0 Å². The second-order valence-electron chi connectivity index (χ2n) is 4.34. The zero-order valence-electron chi connectivity index (χ0n) is 9.70. The molecule has 0 atom stereocenters. The van der Waals surface area contributed by atoms with Crippen LogP contribution in [0.5, 0.6) is 0 Å². The molecule has 3 heteroatoms. The van der Waals surface area contributed by atoms with E-state index in [2.05, 4.69) is 6.07 Å². The van der Waals surface area contributed by atoms with Crippen LogP contribution < -0.4 is 5.73 Å². The van der Waals surface area contributed by atoms with E-state index in [9.17, 15) is 4.79 Å². The molecule has 16 heavy (non-hydrogen) atoms. The molecule has 0 spiro atoms. The minimum Gasteiger partial charge on any atom is -0.399 e. The lowest BCUT2D eigenvalue weighted by atomic mass is 9.99. The fraction of sp³-hybridized carbons (Fsp3) is 0.462. The Morgan fingerprint density at radius 1 is 1.44 bits per heavy atom. The molecule has 0 saturated heterocycles. The summed E-state index contributed by atoms with van der Waals surface area (Å²) in [5.41, 5.74) is 9.07. The molecule has 1 amide bonds. The zero-order chi connectivity index (χ0) is 11.5. The predicted octanol–water partition coefficient (Wildman–Crippen LogP) is 1.95. The highest BCUT2D eigenvalue weighted by molar-refractivity contribution is 5.76. The van der Waals surface area contributed by atoms with Crippen molar-refractivity contribution in [1.82, 2.24) is 4.90 Å². The number of nitrogens with two attached hydrogens (primary N) is 1. The standard InChI is InChI=1S/C13H18N2O/c1-2-3-13(16)15-7-6-10-4-5-12(14)8-11(10)9-15/h4-5,8H,2-3,6-7,9,14H2,1H3. The van der Waals surface area contributed by atoms with Gasteiger partial charge in [0.05, 0.1) is 0 Å². The zero-order valence-corrected chi connectivity index (χ0v) is 9.70. The Hall–Kier alpha value is -1.51. The van der Waals surface area contributed by atoms with Gasteiger partial charge in [0, 0.05) is 25.2 Å². The van der Waals surface area contributed by atoms with Crippen LogP contribution in [0.15, 0.2) is 18.2 Å². The van der Waals surface area contributed by atoms with Gasteiger partial charge in [-0.2, -0.15) is 0 Å². The Morgan fingerprint density at radius 2 is 2.25 bits per heavy atom. The molecule has 86 valence electrons. The molecular weight excluding hydrogens is 200 g/mol. The van der Waals surface area contributed by atoms with Crippen molar-refractivity contribution in [3.8, 4) is 0 Å². The van der Waals surface area contributed by atoms with Crippen molar-refractivity contribution < 1.29 is 4.79 Å². The number of rotatable bonds is 2. The minimum absolute atomic E-state index is 0.260. The van der Waals surface area contributed by atoms with E-state index in [1.165, 1.54) is 11.1 Å². The topological polar surface area (TPSA) is 46.3 Å². The average molecular weight is 218 g/mol. The highest BCUT2D eigenvalue weighted by Gasteiger charge is 2.19. The van der Waals surface area contributed by atoms with E-state index < -0.39 is 0 Å². The first-order chi connectivity index (χ1) is 7.70. The van der Waals surface area contributed by atoms with E-state index in [0.717, 1.165) is 31.6 Å². The number of fused-ring (bicyclic) bond motifs is 1. The van der Waals surface area contributed by atoms with Gasteiger partial charge in [-0.3, -0.25) is 4.79 Å². The van der Waals surface area contributed by atoms with Gasteiger partial charge < -0.3 is 10.6 Å². The van der Waals surface area contributed by atoms with Gasteiger partial charge in [0.25, 0.3) is 0 Å². The van der Waals surface area contributed by atoms with Gasteiger partial charge in [0.1, 0.15) is 0 Å². The lowest BCUT2D eigenvalue weighted by molar-refractivity contribution is -0.132. The number of amides is 1. The molecular formula is C13H18N2O. The largest absolute Gasteiger partial charge is 0.399 e. The Labute approximate surface area is 96.2 Å². The molecule has 3 nitrogen and oxygen atoms in total. The van der Waals surface area contributed by atoms with Crippen LogP contribution in [0.25, 0.3) is 0 Å². The summed E-state index contributed by atoms with van der Waals surface area (Å²) in [7, 11) is 0. The summed E-state index contributed by atoms with van der Waals surface area (Å²) >= 11 is 0. The summed E-state index contributed by atoms with van der Waals surface area (Å²) in [5.74, 6) is 0.260. The molecule has 1 aromatic carbocycles. The van der Waals surface area contributed by atoms with Crippen molar-refractivity contribution in [2.24, 2.45) is 0 Å². The van der Waals surface area contributed by atoms with Gasteiger partial charge >= 0.3 is 0 Å². The van der Waals surface area contributed by atoms with Crippen LogP contribution in [0.3, 0.4) is 0 Å². The van der Waals surface area contributed by atoms with E-state index >= 15 is 0 Å². The Kier molecular flexibility index (Phi) is 3.13. The number of anilines is 1. The fourth-order valence-electron chi connectivity index (χ4n) is 2.16. The number of hydrogen-bond donors (Lipinski definition) is 1. The summed E-state index contributed by atoms with van der Waals surface area (Å²) in [6.07, 6.45) is 2.52. The molecule has 1 aliphatic heterocycles. The molecule has 0 unspecified atom stereocenters. The lowest BCUT2D eigenvalue weighted by Crippen LogP contribution is -2.35. The number of carbonyl (C=O) groups is 1. The van der Waals surface area contributed by atoms with Crippen molar-refractivity contribution in [1.29, 1.82) is 0 Å². The number of nitrogens with zero attached hydrogens (tertiary/aromatic N) is 1. The molecule has 0 bridgehead atoms. The number of hydrogen-bond acceptors (Lipinski definition) is 2. The van der Waals surface area contributed by atoms with Crippen LogP contribution >= 0.6 is 0 Å². The SMILES string of the molecule is CCCC(=O)N1CCc2ccc(N)cc2C1. The molecule has 2 N–H and O–H groups in total. The van der Waals surface area contributed by atoms with Crippen molar-refractivity contribution in [3.05, 3.63) is 29.3 Å². The maximum absolute atomic E-state index is 11.8. The van der Waals surface area contributed by atoms with Crippen LogP contribution in [0.2, 0.25) is 0 Å². The van der Waals surface area contributed by atoms with Crippen molar-refractivity contribution in [3.63, 3.8) is 0 Å². The third kappa shape index (κ3) is 2.18. The molecule has 0 radical (unpaired) electrons. The van der Waals surface area contributed by atoms with E-state index in [1.807, 2.05) is 24.0 Å². The molecule has 0 saturated carbocycles. The van der Waals surface area contributed by atoms with Crippen LogP contribution in [-0.2, 0) is 17.8 Å². The second-order valence-corrected chi connectivity index (χ2v) is 4.34. The summed E-state index contributed by atoms with van der Waals surface area (Å²) < 4.78 is 0. The first-order valence-corrected chi connectivity index (χ1v) is 5.85. The smallest absolute Gasteiger partial charge is 0.222 e.